The number of amides is 1. The standard InChI is InChI=1S/C8H16N2O2/c1-6(7(9)12)10-8(5-11)3-2-4-8/h6,10-11H,2-5H2,1H3,(H2,9,12). The Bertz CT molecular complexity index is 172. The predicted molar refractivity (Wildman–Crippen MR) is 45.5 cm³/mol. The van der Waals surface area contributed by atoms with E-state index in [2.05, 4.69) is 5.32 Å². The van der Waals surface area contributed by atoms with Gasteiger partial charge in [0.2, 0.25) is 5.91 Å². The van der Waals surface area contributed by atoms with Crippen LogP contribution in [-0.2, 0) is 4.79 Å². The first kappa shape index (κ1) is 9.48. The number of carbonyl (C=O) groups excluding carboxylic acids is 1. The van der Waals surface area contributed by atoms with Gasteiger partial charge in [0, 0.05) is 5.54 Å². The molecule has 1 aliphatic carbocycles. The fourth-order valence-electron chi connectivity index (χ4n) is 1.48. The lowest BCUT2D eigenvalue weighted by Gasteiger charge is -2.42. The number of carbonyl (C=O) groups is 1. The summed E-state index contributed by atoms with van der Waals surface area (Å²) in [5.41, 5.74) is 4.87. The van der Waals surface area contributed by atoms with E-state index >= 15 is 0 Å². The Morgan fingerprint density at radius 2 is 2.33 bits per heavy atom. The summed E-state index contributed by atoms with van der Waals surface area (Å²) in [6.07, 6.45) is 2.97. The van der Waals surface area contributed by atoms with Gasteiger partial charge in [-0.3, -0.25) is 10.1 Å². The molecule has 0 radical (unpaired) electrons. The highest BCUT2D eigenvalue weighted by Crippen LogP contribution is 2.31. The Hall–Kier alpha value is -0.610. The van der Waals surface area contributed by atoms with E-state index in [1.54, 1.807) is 6.92 Å². The van der Waals surface area contributed by atoms with E-state index in [9.17, 15) is 4.79 Å². The molecule has 0 spiro atoms. The van der Waals surface area contributed by atoms with Gasteiger partial charge in [0.15, 0.2) is 0 Å². The first-order chi connectivity index (χ1) is 5.59. The average Bonchev–Trinajstić information content (AvgIpc) is 1.96. The molecule has 4 nitrogen and oxygen atoms in total. The Kier molecular flexibility index (Phi) is 2.69. The minimum Gasteiger partial charge on any atom is -0.394 e. The molecular weight excluding hydrogens is 156 g/mol. The number of hydrogen-bond acceptors (Lipinski definition) is 3. The van der Waals surface area contributed by atoms with Crippen molar-refractivity contribution in [2.75, 3.05) is 6.61 Å². The average molecular weight is 172 g/mol. The highest BCUT2D eigenvalue weighted by molar-refractivity contribution is 5.79. The third-order valence-electron chi connectivity index (χ3n) is 2.56. The highest BCUT2D eigenvalue weighted by atomic mass is 16.3. The molecule has 0 aromatic heterocycles. The number of nitrogens with one attached hydrogen (secondary N) is 1. The quantitative estimate of drug-likeness (QED) is 0.528. The molecule has 0 bridgehead atoms. The van der Waals surface area contributed by atoms with Crippen molar-refractivity contribution in [2.24, 2.45) is 5.73 Å². The van der Waals surface area contributed by atoms with E-state index in [0.29, 0.717) is 0 Å². The van der Waals surface area contributed by atoms with E-state index < -0.39 is 0 Å². The van der Waals surface area contributed by atoms with Crippen molar-refractivity contribution in [2.45, 2.75) is 37.8 Å². The van der Waals surface area contributed by atoms with Crippen molar-refractivity contribution in [3.05, 3.63) is 0 Å². The molecular formula is C8H16N2O2. The van der Waals surface area contributed by atoms with E-state index in [4.69, 9.17) is 10.8 Å². The van der Waals surface area contributed by atoms with Crippen LogP contribution in [0.5, 0.6) is 0 Å². The van der Waals surface area contributed by atoms with Gasteiger partial charge >= 0.3 is 0 Å². The van der Waals surface area contributed by atoms with Crippen LogP contribution < -0.4 is 11.1 Å². The number of aliphatic hydroxyl groups excluding tert-OH is 1. The summed E-state index contributed by atoms with van der Waals surface area (Å²) in [5, 5.41) is 12.1. The van der Waals surface area contributed by atoms with Crippen LogP contribution in [0, 0.1) is 0 Å². The molecule has 1 fully saturated rings. The Labute approximate surface area is 72.1 Å². The first-order valence-corrected chi connectivity index (χ1v) is 4.27. The van der Waals surface area contributed by atoms with Crippen molar-refractivity contribution in [3.63, 3.8) is 0 Å². The molecule has 1 aliphatic rings. The van der Waals surface area contributed by atoms with Crippen molar-refractivity contribution >= 4 is 5.91 Å². The summed E-state index contributed by atoms with van der Waals surface area (Å²) in [7, 11) is 0. The molecule has 1 rings (SSSR count). The first-order valence-electron chi connectivity index (χ1n) is 4.27. The number of rotatable bonds is 4. The van der Waals surface area contributed by atoms with Gasteiger partial charge in [-0.05, 0) is 26.2 Å². The summed E-state index contributed by atoms with van der Waals surface area (Å²) in [4.78, 5) is 10.7. The van der Waals surface area contributed by atoms with Crippen LogP contribution in [0.25, 0.3) is 0 Å². The summed E-state index contributed by atoms with van der Waals surface area (Å²) in [5.74, 6) is -0.366. The summed E-state index contributed by atoms with van der Waals surface area (Å²) in [6.45, 7) is 1.81. The molecule has 4 N–H and O–H groups in total. The monoisotopic (exact) mass is 172 g/mol. The molecule has 70 valence electrons. The fraction of sp³-hybridized carbons (Fsp3) is 0.875. The third-order valence-corrected chi connectivity index (χ3v) is 2.56. The predicted octanol–water partition coefficient (Wildman–Crippen LogP) is -0.635. The summed E-state index contributed by atoms with van der Waals surface area (Å²) in [6, 6.07) is -0.350. The number of hydrogen-bond donors (Lipinski definition) is 3. The maximum absolute atomic E-state index is 10.7. The maximum Gasteiger partial charge on any atom is 0.234 e. The Balaban J connectivity index is 2.42. The zero-order chi connectivity index (χ0) is 9.19. The molecule has 0 aliphatic heterocycles. The van der Waals surface area contributed by atoms with Crippen LogP contribution in [0.1, 0.15) is 26.2 Å². The highest BCUT2D eigenvalue weighted by Gasteiger charge is 2.37. The van der Waals surface area contributed by atoms with E-state index in [0.717, 1.165) is 19.3 Å². The van der Waals surface area contributed by atoms with Crippen LogP contribution in [0.4, 0.5) is 0 Å². The second-order valence-corrected chi connectivity index (χ2v) is 3.56. The van der Waals surface area contributed by atoms with Crippen molar-refractivity contribution < 1.29 is 9.90 Å². The minimum absolute atomic E-state index is 0.0879. The normalized spacial score (nSPS) is 22.8. The third kappa shape index (κ3) is 1.76. The van der Waals surface area contributed by atoms with Gasteiger partial charge in [0.05, 0.1) is 12.6 Å². The molecule has 1 atom stereocenters. The van der Waals surface area contributed by atoms with Crippen LogP contribution >= 0.6 is 0 Å². The zero-order valence-electron chi connectivity index (χ0n) is 7.34. The van der Waals surface area contributed by atoms with Crippen LogP contribution in [0.2, 0.25) is 0 Å². The summed E-state index contributed by atoms with van der Waals surface area (Å²) >= 11 is 0. The van der Waals surface area contributed by atoms with Gasteiger partial charge in [-0.1, -0.05) is 0 Å². The van der Waals surface area contributed by atoms with E-state index in [1.165, 1.54) is 0 Å². The van der Waals surface area contributed by atoms with Gasteiger partial charge in [-0.25, -0.2) is 0 Å². The van der Waals surface area contributed by atoms with Gasteiger partial charge < -0.3 is 10.8 Å². The zero-order valence-corrected chi connectivity index (χ0v) is 7.34. The van der Waals surface area contributed by atoms with Gasteiger partial charge in [0.1, 0.15) is 0 Å². The molecule has 4 heteroatoms. The maximum atomic E-state index is 10.7. The smallest absolute Gasteiger partial charge is 0.234 e. The molecule has 1 amide bonds. The lowest BCUT2D eigenvalue weighted by Crippen LogP contribution is -2.59. The van der Waals surface area contributed by atoms with Crippen LogP contribution in [-0.4, -0.2) is 29.2 Å². The largest absolute Gasteiger partial charge is 0.394 e. The van der Waals surface area contributed by atoms with Gasteiger partial charge in [-0.15, -0.1) is 0 Å². The second-order valence-electron chi connectivity index (χ2n) is 3.56. The van der Waals surface area contributed by atoms with Crippen LogP contribution in [0.15, 0.2) is 0 Å². The number of aliphatic hydroxyl groups is 1. The molecule has 0 aromatic rings. The van der Waals surface area contributed by atoms with Gasteiger partial charge in [-0.2, -0.15) is 0 Å². The molecule has 12 heavy (non-hydrogen) atoms. The minimum atomic E-state index is -0.366. The topological polar surface area (TPSA) is 75.3 Å². The lowest BCUT2D eigenvalue weighted by atomic mass is 9.77. The molecule has 1 unspecified atom stereocenters. The molecule has 0 aromatic carbocycles. The number of primary amides is 1. The van der Waals surface area contributed by atoms with Crippen LogP contribution in [0.3, 0.4) is 0 Å². The SMILES string of the molecule is CC(NC1(CO)CCC1)C(N)=O. The van der Waals surface area contributed by atoms with Gasteiger partial charge in [0.25, 0.3) is 0 Å². The Morgan fingerprint density at radius 3 is 2.58 bits per heavy atom. The molecule has 0 saturated heterocycles. The molecule has 0 heterocycles. The van der Waals surface area contributed by atoms with Crippen molar-refractivity contribution in [1.82, 2.24) is 5.32 Å². The lowest BCUT2D eigenvalue weighted by molar-refractivity contribution is -0.120. The second kappa shape index (κ2) is 3.41. The van der Waals surface area contributed by atoms with Crippen molar-refractivity contribution in [1.29, 1.82) is 0 Å². The van der Waals surface area contributed by atoms with Crippen molar-refractivity contribution in [3.8, 4) is 0 Å². The number of nitrogens with two attached hydrogens (primary N) is 1. The fourth-order valence-corrected chi connectivity index (χ4v) is 1.48. The van der Waals surface area contributed by atoms with E-state index in [1.807, 2.05) is 0 Å². The van der Waals surface area contributed by atoms with E-state index in [-0.39, 0.29) is 24.1 Å². The molecule has 1 saturated carbocycles. The Morgan fingerprint density at radius 1 is 1.75 bits per heavy atom. The summed E-state index contributed by atoms with van der Waals surface area (Å²) < 4.78 is 0.